The van der Waals surface area contributed by atoms with Crippen LogP contribution in [0.5, 0.6) is 11.5 Å². The SMILES string of the molecule is COc1ccc(/C=N/NC(=O)Cc2cccs2)c(OC)c1. The molecule has 6 heteroatoms. The monoisotopic (exact) mass is 304 g/mol. The van der Waals surface area contributed by atoms with Crippen LogP contribution in [0.3, 0.4) is 0 Å². The smallest absolute Gasteiger partial charge is 0.245 e. The van der Waals surface area contributed by atoms with Crippen molar-refractivity contribution < 1.29 is 14.3 Å². The molecule has 5 nitrogen and oxygen atoms in total. The molecule has 0 atom stereocenters. The Morgan fingerprint density at radius 2 is 2.19 bits per heavy atom. The Bertz CT molecular complexity index is 624. The highest BCUT2D eigenvalue weighted by molar-refractivity contribution is 7.10. The molecule has 2 rings (SSSR count). The van der Waals surface area contributed by atoms with Crippen LogP contribution in [-0.4, -0.2) is 26.3 Å². The number of carbonyl (C=O) groups is 1. The van der Waals surface area contributed by atoms with Gasteiger partial charge in [-0.05, 0) is 23.6 Å². The number of amides is 1. The maximum Gasteiger partial charge on any atom is 0.245 e. The predicted octanol–water partition coefficient (Wildman–Crippen LogP) is 2.46. The fourth-order valence-electron chi connectivity index (χ4n) is 1.71. The van der Waals surface area contributed by atoms with E-state index < -0.39 is 0 Å². The third-order valence-corrected chi connectivity index (χ3v) is 3.62. The molecule has 1 heterocycles. The van der Waals surface area contributed by atoms with Gasteiger partial charge in [-0.1, -0.05) is 6.07 Å². The van der Waals surface area contributed by atoms with Crippen LogP contribution in [0.4, 0.5) is 0 Å². The number of carbonyl (C=O) groups excluding carboxylic acids is 1. The van der Waals surface area contributed by atoms with E-state index in [0.717, 1.165) is 10.4 Å². The summed E-state index contributed by atoms with van der Waals surface area (Å²) in [5.74, 6) is 1.18. The van der Waals surface area contributed by atoms with Crippen molar-refractivity contribution in [2.75, 3.05) is 14.2 Å². The number of nitrogens with zero attached hydrogens (tertiary/aromatic N) is 1. The molecule has 0 saturated carbocycles. The zero-order valence-electron chi connectivity index (χ0n) is 11.8. The van der Waals surface area contributed by atoms with E-state index in [1.807, 2.05) is 23.6 Å². The first-order chi connectivity index (χ1) is 10.2. The highest BCUT2D eigenvalue weighted by atomic mass is 32.1. The lowest BCUT2D eigenvalue weighted by Gasteiger charge is -2.06. The second kappa shape index (κ2) is 7.44. The number of nitrogens with one attached hydrogen (secondary N) is 1. The van der Waals surface area contributed by atoms with Gasteiger partial charge < -0.3 is 9.47 Å². The summed E-state index contributed by atoms with van der Waals surface area (Å²) in [6.45, 7) is 0. The number of methoxy groups -OCH3 is 2. The zero-order valence-corrected chi connectivity index (χ0v) is 12.6. The molecule has 110 valence electrons. The molecule has 2 aromatic rings. The first kappa shape index (κ1) is 15.1. The quantitative estimate of drug-likeness (QED) is 0.659. The standard InChI is InChI=1S/C15H16N2O3S/c1-19-12-6-5-11(14(8-12)20-2)10-16-17-15(18)9-13-4-3-7-21-13/h3-8,10H,9H2,1-2H3,(H,17,18)/b16-10+. The minimum absolute atomic E-state index is 0.152. The van der Waals surface area contributed by atoms with Gasteiger partial charge in [0.2, 0.25) is 5.91 Å². The first-order valence-electron chi connectivity index (χ1n) is 6.29. The fraction of sp³-hybridized carbons (Fsp3) is 0.200. The molecular formula is C15H16N2O3S. The van der Waals surface area contributed by atoms with Gasteiger partial charge in [0.15, 0.2) is 0 Å². The number of benzene rings is 1. The summed E-state index contributed by atoms with van der Waals surface area (Å²) in [7, 11) is 3.16. The van der Waals surface area contributed by atoms with Crippen molar-refractivity contribution in [3.63, 3.8) is 0 Å². The Labute approximate surface area is 127 Å². The molecular weight excluding hydrogens is 288 g/mol. The van der Waals surface area contributed by atoms with E-state index in [9.17, 15) is 4.79 Å². The summed E-state index contributed by atoms with van der Waals surface area (Å²) in [6.07, 6.45) is 1.87. The van der Waals surface area contributed by atoms with Crippen LogP contribution in [-0.2, 0) is 11.2 Å². The molecule has 1 N–H and O–H groups in total. The highest BCUT2D eigenvalue weighted by Gasteiger charge is 2.04. The summed E-state index contributed by atoms with van der Waals surface area (Å²) in [6, 6.07) is 9.21. The summed E-state index contributed by atoms with van der Waals surface area (Å²) >= 11 is 1.54. The average molecular weight is 304 g/mol. The number of hydrazone groups is 1. The van der Waals surface area contributed by atoms with E-state index in [1.165, 1.54) is 0 Å². The molecule has 0 aliphatic heterocycles. The number of hydrogen-bond acceptors (Lipinski definition) is 5. The normalized spacial score (nSPS) is 10.6. The van der Waals surface area contributed by atoms with Gasteiger partial charge >= 0.3 is 0 Å². The van der Waals surface area contributed by atoms with E-state index in [-0.39, 0.29) is 5.91 Å². The summed E-state index contributed by atoms with van der Waals surface area (Å²) in [5.41, 5.74) is 3.26. The predicted molar refractivity (Wildman–Crippen MR) is 83.3 cm³/mol. The van der Waals surface area contributed by atoms with Crippen molar-refractivity contribution in [3.05, 3.63) is 46.2 Å². The van der Waals surface area contributed by atoms with Gasteiger partial charge in [-0.3, -0.25) is 4.79 Å². The van der Waals surface area contributed by atoms with E-state index in [1.54, 1.807) is 43.9 Å². The average Bonchev–Trinajstić information content (AvgIpc) is 3.00. The zero-order chi connectivity index (χ0) is 15.1. The third-order valence-electron chi connectivity index (χ3n) is 2.75. The van der Waals surface area contributed by atoms with Crippen molar-refractivity contribution in [2.45, 2.75) is 6.42 Å². The van der Waals surface area contributed by atoms with Crippen molar-refractivity contribution in [3.8, 4) is 11.5 Å². The van der Waals surface area contributed by atoms with Gasteiger partial charge in [0.1, 0.15) is 11.5 Å². The van der Waals surface area contributed by atoms with Crippen LogP contribution in [0.2, 0.25) is 0 Å². The second-order valence-corrected chi connectivity index (χ2v) is 5.19. The van der Waals surface area contributed by atoms with Gasteiger partial charge in [-0.25, -0.2) is 5.43 Å². The molecule has 1 aromatic heterocycles. The van der Waals surface area contributed by atoms with Gasteiger partial charge in [-0.15, -0.1) is 11.3 Å². The molecule has 1 aromatic carbocycles. The maximum absolute atomic E-state index is 11.7. The molecule has 0 radical (unpaired) electrons. The molecule has 0 fully saturated rings. The molecule has 21 heavy (non-hydrogen) atoms. The number of ether oxygens (including phenoxy) is 2. The topological polar surface area (TPSA) is 59.9 Å². The van der Waals surface area contributed by atoms with Gasteiger partial charge in [0, 0.05) is 16.5 Å². The van der Waals surface area contributed by atoms with Crippen LogP contribution in [0.1, 0.15) is 10.4 Å². The van der Waals surface area contributed by atoms with Crippen molar-refractivity contribution in [2.24, 2.45) is 5.10 Å². The lowest BCUT2D eigenvalue weighted by Crippen LogP contribution is -2.19. The number of hydrogen-bond donors (Lipinski definition) is 1. The third kappa shape index (κ3) is 4.32. The largest absolute Gasteiger partial charge is 0.497 e. The lowest BCUT2D eigenvalue weighted by atomic mass is 10.2. The lowest BCUT2D eigenvalue weighted by molar-refractivity contribution is -0.120. The number of thiophene rings is 1. The molecule has 0 bridgehead atoms. The fourth-order valence-corrected chi connectivity index (χ4v) is 2.41. The van der Waals surface area contributed by atoms with Crippen molar-refractivity contribution >= 4 is 23.5 Å². The van der Waals surface area contributed by atoms with Crippen LogP contribution in [0.15, 0.2) is 40.8 Å². The molecule has 0 unspecified atom stereocenters. The second-order valence-electron chi connectivity index (χ2n) is 4.16. The van der Waals surface area contributed by atoms with Crippen LogP contribution < -0.4 is 14.9 Å². The maximum atomic E-state index is 11.7. The molecule has 0 spiro atoms. The minimum Gasteiger partial charge on any atom is -0.497 e. The first-order valence-corrected chi connectivity index (χ1v) is 7.17. The Kier molecular flexibility index (Phi) is 5.34. The minimum atomic E-state index is -0.152. The number of rotatable bonds is 6. The summed E-state index contributed by atoms with van der Waals surface area (Å²) < 4.78 is 10.4. The van der Waals surface area contributed by atoms with E-state index in [4.69, 9.17) is 9.47 Å². The molecule has 0 saturated heterocycles. The highest BCUT2D eigenvalue weighted by Crippen LogP contribution is 2.22. The van der Waals surface area contributed by atoms with Crippen LogP contribution >= 0.6 is 11.3 Å². The molecule has 0 aliphatic carbocycles. The van der Waals surface area contributed by atoms with Gasteiger partial charge in [0.25, 0.3) is 0 Å². The molecule has 1 amide bonds. The van der Waals surface area contributed by atoms with Gasteiger partial charge in [-0.2, -0.15) is 5.10 Å². The van der Waals surface area contributed by atoms with Crippen molar-refractivity contribution in [1.82, 2.24) is 5.43 Å². The Balaban J connectivity index is 1.96. The van der Waals surface area contributed by atoms with Crippen LogP contribution in [0, 0.1) is 0 Å². The Morgan fingerprint density at radius 1 is 1.33 bits per heavy atom. The van der Waals surface area contributed by atoms with Crippen molar-refractivity contribution in [1.29, 1.82) is 0 Å². The van der Waals surface area contributed by atoms with Crippen LogP contribution in [0.25, 0.3) is 0 Å². The molecule has 0 aliphatic rings. The Hall–Kier alpha value is -2.34. The van der Waals surface area contributed by atoms with E-state index >= 15 is 0 Å². The summed E-state index contributed by atoms with van der Waals surface area (Å²) in [5, 5.41) is 5.88. The van der Waals surface area contributed by atoms with E-state index in [2.05, 4.69) is 10.5 Å². The van der Waals surface area contributed by atoms with E-state index in [0.29, 0.717) is 17.9 Å². The summed E-state index contributed by atoms with van der Waals surface area (Å²) in [4.78, 5) is 12.7. The van der Waals surface area contributed by atoms with Gasteiger partial charge in [0.05, 0.1) is 26.9 Å². The Morgan fingerprint density at radius 3 is 2.86 bits per heavy atom.